The fraction of sp³-hybridized carbons (Fsp3) is 0.214. The Morgan fingerprint density at radius 2 is 2.05 bits per heavy atom. The van der Waals surface area contributed by atoms with Crippen LogP contribution in [-0.2, 0) is 4.74 Å². The Labute approximate surface area is 124 Å². The largest absolute Gasteiger partial charge is 0.464 e. The molecule has 104 valence electrons. The second-order valence-corrected chi connectivity index (χ2v) is 5.24. The van der Waals surface area contributed by atoms with Crippen LogP contribution in [0.15, 0.2) is 33.7 Å². The predicted molar refractivity (Wildman–Crippen MR) is 78.3 cm³/mol. The van der Waals surface area contributed by atoms with Crippen LogP contribution in [0.4, 0.5) is 0 Å². The van der Waals surface area contributed by atoms with E-state index in [-0.39, 0.29) is 5.69 Å². The molecule has 0 N–H and O–H groups in total. The number of aryl methyl sites for hydroxylation is 2. The molecule has 0 aliphatic carbocycles. The maximum atomic E-state index is 11.9. The lowest BCUT2D eigenvalue weighted by molar-refractivity contribution is 0.0590. The van der Waals surface area contributed by atoms with Crippen LogP contribution in [0.25, 0.3) is 5.69 Å². The summed E-state index contributed by atoms with van der Waals surface area (Å²) in [5, 5.41) is 4.08. The second kappa shape index (κ2) is 5.58. The van der Waals surface area contributed by atoms with Crippen molar-refractivity contribution >= 4 is 21.9 Å². The smallest absolute Gasteiger partial charge is 0.362 e. The molecule has 0 saturated carbocycles. The molecule has 0 fully saturated rings. The van der Waals surface area contributed by atoms with E-state index >= 15 is 0 Å². The number of rotatable bonds is 2. The van der Waals surface area contributed by atoms with Crippen LogP contribution in [0.3, 0.4) is 0 Å². The number of benzene rings is 1. The second-order valence-electron chi connectivity index (χ2n) is 4.38. The average Bonchev–Trinajstić information content (AvgIpc) is 2.43. The van der Waals surface area contributed by atoms with Gasteiger partial charge in [-0.15, -0.1) is 0 Å². The number of aromatic nitrogens is 2. The van der Waals surface area contributed by atoms with Crippen LogP contribution < -0.4 is 5.43 Å². The molecule has 2 rings (SSSR count). The van der Waals surface area contributed by atoms with Crippen molar-refractivity contribution in [1.29, 1.82) is 0 Å². The normalized spacial score (nSPS) is 10.4. The number of halogens is 1. The molecule has 0 aliphatic heterocycles. The minimum absolute atomic E-state index is 0.221. The van der Waals surface area contributed by atoms with Gasteiger partial charge in [-0.2, -0.15) is 5.10 Å². The Bertz CT molecular complexity index is 738. The maximum absolute atomic E-state index is 11.9. The number of carbonyl (C=O) groups excluding carboxylic acids is 1. The van der Waals surface area contributed by atoms with Crippen molar-refractivity contribution in [3.8, 4) is 5.69 Å². The maximum Gasteiger partial charge on any atom is 0.362 e. The molecule has 5 nitrogen and oxygen atoms in total. The molecule has 2 aromatic rings. The van der Waals surface area contributed by atoms with E-state index in [9.17, 15) is 9.59 Å². The van der Waals surface area contributed by atoms with Crippen LogP contribution in [-0.4, -0.2) is 22.9 Å². The van der Waals surface area contributed by atoms with E-state index in [2.05, 4.69) is 25.8 Å². The van der Waals surface area contributed by atoms with E-state index in [0.717, 1.165) is 15.7 Å². The van der Waals surface area contributed by atoms with E-state index in [4.69, 9.17) is 0 Å². The van der Waals surface area contributed by atoms with Crippen molar-refractivity contribution in [3.63, 3.8) is 0 Å². The SMILES string of the molecule is COC(=O)c1nn(-c2cc(C)ccc2Br)cc(C)c1=O. The topological polar surface area (TPSA) is 61.2 Å². The molecular weight excluding hydrogens is 324 g/mol. The minimum Gasteiger partial charge on any atom is -0.464 e. The van der Waals surface area contributed by atoms with Crippen molar-refractivity contribution < 1.29 is 9.53 Å². The van der Waals surface area contributed by atoms with E-state index in [1.807, 2.05) is 25.1 Å². The Morgan fingerprint density at radius 1 is 1.35 bits per heavy atom. The number of nitrogens with zero attached hydrogens (tertiary/aromatic N) is 2. The average molecular weight is 337 g/mol. The zero-order valence-electron chi connectivity index (χ0n) is 11.3. The van der Waals surface area contributed by atoms with Gasteiger partial charge < -0.3 is 4.74 Å². The number of hydrogen-bond acceptors (Lipinski definition) is 4. The fourth-order valence-corrected chi connectivity index (χ4v) is 2.19. The highest BCUT2D eigenvalue weighted by Crippen LogP contribution is 2.21. The first-order valence-corrected chi connectivity index (χ1v) is 6.68. The van der Waals surface area contributed by atoms with Gasteiger partial charge in [0, 0.05) is 16.2 Å². The number of esters is 1. The summed E-state index contributed by atoms with van der Waals surface area (Å²) in [6.45, 7) is 3.59. The number of ether oxygens (including phenoxy) is 1. The van der Waals surface area contributed by atoms with Gasteiger partial charge in [-0.25, -0.2) is 9.48 Å². The van der Waals surface area contributed by atoms with E-state index < -0.39 is 11.4 Å². The molecule has 0 unspecified atom stereocenters. The lowest BCUT2D eigenvalue weighted by Crippen LogP contribution is -2.24. The molecule has 20 heavy (non-hydrogen) atoms. The third-order valence-corrected chi connectivity index (χ3v) is 3.49. The van der Waals surface area contributed by atoms with Gasteiger partial charge in [-0.05, 0) is 47.5 Å². The highest BCUT2D eigenvalue weighted by molar-refractivity contribution is 9.10. The molecule has 0 spiro atoms. The molecule has 0 radical (unpaired) electrons. The summed E-state index contributed by atoms with van der Waals surface area (Å²) in [7, 11) is 1.22. The third kappa shape index (κ3) is 2.65. The van der Waals surface area contributed by atoms with Crippen molar-refractivity contribution in [2.45, 2.75) is 13.8 Å². The summed E-state index contributed by atoms with van der Waals surface area (Å²) in [4.78, 5) is 23.5. The molecule has 0 aliphatic rings. The lowest BCUT2D eigenvalue weighted by atomic mass is 10.2. The van der Waals surface area contributed by atoms with Gasteiger partial charge in [0.2, 0.25) is 11.1 Å². The summed E-state index contributed by atoms with van der Waals surface area (Å²) >= 11 is 3.43. The summed E-state index contributed by atoms with van der Waals surface area (Å²) in [5.41, 5.74) is 1.57. The Kier molecular flexibility index (Phi) is 4.04. The molecule has 1 aromatic carbocycles. The van der Waals surface area contributed by atoms with E-state index in [0.29, 0.717) is 5.56 Å². The van der Waals surface area contributed by atoms with Crippen LogP contribution >= 0.6 is 15.9 Å². The molecular formula is C14H13BrN2O3. The summed E-state index contributed by atoms with van der Waals surface area (Å²) in [5.74, 6) is -0.740. The highest BCUT2D eigenvalue weighted by Gasteiger charge is 2.16. The summed E-state index contributed by atoms with van der Waals surface area (Å²) in [6.07, 6.45) is 1.59. The van der Waals surface area contributed by atoms with Crippen LogP contribution in [0.5, 0.6) is 0 Å². The van der Waals surface area contributed by atoms with Gasteiger partial charge in [0.05, 0.1) is 12.8 Å². The van der Waals surface area contributed by atoms with Gasteiger partial charge in [0.15, 0.2) is 0 Å². The van der Waals surface area contributed by atoms with Gasteiger partial charge >= 0.3 is 5.97 Å². The predicted octanol–water partition coefficient (Wildman–Crippen LogP) is 2.40. The molecule has 0 amide bonds. The third-order valence-electron chi connectivity index (χ3n) is 2.82. The minimum atomic E-state index is -0.740. The number of carbonyl (C=O) groups is 1. The summed E-state index contributed by atoms with van der Waals surface area (Å²) < 4.78 is 6.90. The quantitative estimate of drug-likeness (QED) is 0.790. The van der Waals surface area contributed by atoms with E-state index in [1.165, 1.54) is 11.8 Å². The van der Waals surface area contributed by atoms with E-state index in [1.54, 1.807) is 13.1 Å². The van der Waals surface area contributed by atoms with Crippen LogP contribution in [0.1, 0.15) is 21.6 Å². The first-order valence-electron chi connectivity index (χ1n) is 5.89. The zero-order chi connectivity index (χ0) is 14.9. The molecule has 0 bridgehead atoms. The Morgan fingerprint density at radius 3 is 2.70 bits per heavy atom. The van der Waals surface area contributed by atoms with Gasteiger partial charge in [0.25, 0.3) is 0 Å². The molecule has 6 heteroatoms. The van der Waals surface area contributed by atoms with Crippen molar-refractivity contribution in [2.24, 2.45) is 0 Å². The van der Waals surface area contributed by atoms with Gasteiger partial charge in [-0.1, -0.05) is 6.07 Å². The van der Waals surface area contributed by atoms with Crippen LogP contribution in [0, 0.1) is 13.8 Å². The Balaban J connectivity index is 2.70. The molecule has 1 aromatic heterocycles. The van der Waals surface area contributed by atoms with Crippen molar-refractivity contribution in [3.05, 3.63) is 55.9 Å². The van der Waals surface area contributed by atoms with Gasteiger partial charge in [0.1, 0.15) is 0 Å². The summed E-state index contributed by atoms with van der Waals surface area (Å²) in [6, 6.07) is 5.74. The van der Waals surface area contributed by atoms with Crippen molar-refractivity contribution in [1.82, 2.24) is 9.78 Å². The highest BCUT2D eigenvalue weighted by atomic mass is 79.9. The fourth-order valence-electron chi connectivity index (χ4n) is 1.76. The lowest BCUT2D eigenvalue weighted by Gasteiger charge is -2.11. The first kappa shape index (κ1) is 14.5. The van der Waals surface area contributed by atoms with Crippen LogP contribution in [0.2, 0.25) is 0 Å². The van der Waals surface area contributed by atoms with Crippen molar-refractivity contribution in [2.75, 3.05) is 7.11 Å². The zero-order valence-corrected chi connectivity index (χ0v) is 12.9. The number of methoxy groups -OCH3 is 1. The monoisotopic (exact) mass is 336 g/mol. The van der Waals surface area contributed by atoms with Gasteiger partial charge in [-0.3, -0.25) is 4.79 Å². The number of hydrogen-bond donors (Lipinski definition) is 0. The first-order chi connectivity index (χ1) is 9.43. The Hall–Kier alpha value is -1.95. The molecule has 0 saturated heterocycles. The molecule has 1 heterocycles. The molecule has 0 atom stereocenters. The standard InChI is InChI=1S/C14H13BrN2O3/c1-8-4-5-10(15)11(6-8)17-7-9(2)13(18)12(16-17)14(19)20-3/h4-7H,1-3H3.